The maximum atomic E-state index is 11.0. The minimum Gasteiger partial charge on any atom is -0.411 e. The molecule has 1 spiro atoms. The minimum atomic E-state index is -1.89. The number of carbonyl (C=O) groups excluding carboxylic acids is 1. The fraction of sp³-hybridized carbons (Fsp3) is 0.947. The van der Waals surface area contributed by atoms with Crippen LogP contribution in [-0.2, 0) is 23.4 Å². The van der Waals surface area contributed by atoms with Crippen LogP contribution in [0.25, 0.3) is 0 Å². The predicted molar refractivity (Wildman–Crippen MR) is 98.2 cm³/mol. The van der Waals surface area contributed by atoms with Crippen molar-refractivity contribution in [2.75, 3.05) is 13.7 Å². The smallest absolute Gasteiger partial charge is 0.192 e. The summed E-state index contributed by atoms with van der Waals surface area (Å²) in [4.78, 5) is 11.0. The lowest BCUT2D eigenvalue weighted by Crippen LogP contribution is -2.58. The Morgan fingerprint density at radius 2 is 1.96 bits per heavy atom. The van der Waals surface area contributed by atoms with Gasteiger partial charge >= 0.3 is 0 Å². The maximum absolute atomic E-state index is 11.0. The quantitative estimate of drug-likeness (QED) is 0.408. The number of epoxide rings is 2. The predicted octanol–water partition coefficient (Wildman–Crippen LogP) is 3.32. The van der Waals surface area contributed by atoms with Gasteiger partial charge in [0.15, 0.2) is 8.32 Å². The molecule has 2 aliphatic heterocycles. The molecule has 6 atom stereocenters. The average molecular weight is 371 g/mol. The molecule has 0 aromatic rings. The molecular weight excluding hydrogens is 336 g/mol. The molecule has 3 rings (SSSR count). The summed E-state index contributed by atoms with van der Waals surface area (Å²) >= 11 is 0. The van der Waals surface area contributed by atoms with Crippen molar-refractivity contribution in [3.8, 4) is 0 Å². The molecular formula is C19H34O5Si. The van der Waals surface area contributed by atoms with E-state index in [1.165, 1.54) is 0 Å². The number of aldehydes is 1. The van der Waals surface area contributed by atoms with Crippen LogP contribution < -0.4 is 0 Å². The highest BCUT2D eigenvalue weighted by molar-refractivity contribution is 6.74. The Hall–Kier alpha value is -0.273. The van der Waals surface area contributed by atoms with Gasteiger partial charge in [-0.25, -0.2) is 0 Å². The van der Waals surface area contributed by atoms with Gasteiger partial charge < -0.3 is 23.4 Å². The van der Waals surface area contributed by atoms with E-state index < -0.39 is 8.32 Å². The first-order chi connectivity index (χ1) is 11.5. The second-order valence-corrected chi connectivity index (χ2v) is 14.4. The SMILES string of the molecule is CO[C@@H]1C(O[Si](C)(C)C(C)(C)C)CC[C@]2(CO2)[C@H]1[C@@]1(C)O[C@@H]1CC=O. The first-order valence-electron chi connectivity index (χ1n) is 9.47. The van der Waals surface area contributed by atoms with Crippen LogP contribution >= 0.6 is 0 Å². The number of hydrogen-bond acceptors (Lipinski definition) is 5. The van der Waals surface area contributed by atoms with Crippen LogP contribution in [0, 0.1) is 5.92 Å². The molecule has 0 amide bonds. The number of hydrogen-bond donors (Lipinski definition) is 0. The Balaban J connectivity index is 1.83. The van der Waals surface area contributed by atoms with E-state index in [1.807, 2.05) is 0 Å². The van der Waals surface area contributed by atoms with E-state index in [2.05, 4.69) is 40.8 Å². The van der Waals surface area contributed by atoms with Crippen molar-refractivity contribution < 1.29 is 23.4 Å². The lowest BCUT2D eigenvalue weighted by Gasteiger charge is -2.47. The van der Waals surface area contributed by atoms with Crippen LogP contribution in [0.3, 0.4) is 0 Å². The maximum Gasteiger partial charge on any atom is 0.192 e. The molecule has 1 aliphatic carbocycles. The monoisotopic (exact) mass is 370 g/mol. The van der Waals surface area contributed by atoms with E-state index in [0.29, 0.717) is 6.42 Å². The zero-order valence-electron chi connectivity index (χ0n) is 16.8. The van der Waals surface area contributed by atoms with Crippen molar-refractivity contribution in [1.29, 1.82) is 0 Å². The Morgan fingerprint density at radius 1 is 1.32 bits per heavy atom. The van der Waals surface area contributed by atoms with Crippen LogP contribution in [0.1, 0.15) is 47.0 Å². The first kappa shape index (κ1) is 19.5. The molecule has 2 saturated heterocycles. The van der Waals surface area contributed by atoms with E-state index in [-0.39, 0.29) is 40.5 Å². The van der Waals surface area contributed by atoms with Crippen molar-refractivity contribution in [3.05, 3.63) is 0 Å². The Labute approximate surface area is 152 Å². The Bertz CT molecular complexity index is 524. The average Bonchev–Trinajstić information content (AvgIpc) is 3.39. The molecule has 3 fully saturated rings. The lowest BCUT2D eigenvalue weighted by molar-refractivity contribution is -0.111. The Morgan fingerprint density at radius 3 is 2.44 bits per heavy atom. The molecule has 0 aromatic heterocycles. The second-order valence-electron chi connectivity index (χ2n) is 9.68. The van der Waals surface area contributed by atoms with Crippen molar-refractivity contribution in [2.24, 2.45) is 5.92 Å². The van der Waals surface area contributed by atoms with E-state index in [4.69, 9.17) is 18.6 Å². The molecule has 3 aliphatic rings. The lowest BCUT2D eigenvalue weighted by atomic mass is 9.68. The fourth-order valence-electron chi connectivity index (χ4n) is 4.37. The van der Waals surface area contributed by atoms with E-state index >= 15 is 0 Å². The van der Waals surface area contributed by atoms with E-state index in [9.17, 15) is 4.79 Å². The van der Waals surface area contributed by atoms with E-state index in [0.717, 1.165) is 25.7 Å². The highest BCUT2D eigenvalue weighted by Crippen LogP contribution is 2.59. The molecule has 6 heteroatoms. The van der Waals surface area contributed by atoms with Crippen LogP contribution in [0.4, 0.5) is 0 Å². The molecule has 144 valence electrons. The largest absolute Gasteiger partial charge is 0.411 e. The van der Waals surface area contributed by atoms with Crippen LogP contribution in [0.5, 0.6) is 0 Å². The van der Waals surface area contributed by atoms with Gasteiger partial charge in [0.2, 0.25) is 0 Å². The van der Waals surface area contributed by atoms with Gasteiger partial charge in [-0.1, -0.05) is 20.8 Å². The zero-order valence-corrected chi connectivity index (χ0v) is 17.8. The standard InChI is InChI=1S/C19H34O5Si/c1-17(2,3)25(6,7)24-13-8-10-19(12-22-19)16(15(13)21-5)18(4)14(23-18)9-11-20/h11,13-16H,8-10,12H2,1-7H3/t13?,14-,15-,16-,18+,19+/m1/s1. The van der Waals surface area contributed by atoms with Gasteiger partial charge in [0, 0.05) is 13.5 Å². The zero-order chi connectivity index (χ0) is 18.7. The van der Waals surface area contributed by atoms with Gasteiger partial charge in [-0.05, 0) is 37.9 Å². The molecule has 1 unspecified atom stereocenters. The third kappa shape index (κ3) is 3.25. The number of ether oxygens (including phenoxy) is 3. The van der Waals surface area contributed by atoms with Crippen LogP contribution in [0.15, 0.2) is 0 Å². The van der Waals surface area contributed by atoms with Gasteiger partial charge in [0.1, 0.15) is 11.9 Å². The third-order valence-electron chi connectivity index (χ3n) is 7.06. The van der Waals surface area contributed by atoms with Crippen molar-refractivity contribution in [2.45, 2.75) is 94.6 Å². The first-order valence-corrected chi connectivity index (χ1v) is 12.4. The molecule has 25 heavy (non-hydrogen) atoms. The highest BCUT2D eigenvalue weighted by Gasteiger charge is 2.72. The molecule has 0 aromatic carbocycles. The molecule has 1 saturated carbocycles. The normalized spacial score (nSPS) is 44.0. The van der Waals surface area contributed by atoms with Gasteiger partial charge in [-0.2, -0.15) is 0 Å². The molecule has 5 nitrogen and oxygen atoms in total. The van der Waals surface area contributed by atoms with Crippen LogP contribution in [-0.4, -0.2) is 57.8 Å². The summed E-state index contributed by atoms with van der Waals surface area (Å²) in [5.41, 5.74) is -0.506. The minimum absolute atomic E-state index is 0.0275. The number of rotatable bonds is 6. The summed E-state index contributed by atoms with van der Waals surface area (Å²) < 4.78 is 24.7. The van der Waals surface area contributed by atoms with Gasteiger partial charge in [0.25, 0.3) is 0 Å². The van der Waals surface area contributed by atoms with Gasteiger partial charge in [-0.15, -0.1) is 0 Å². The number of carbonyl (C=O) groups is 1. The molecule has 0 N–H and O–H groups in total. The number of methoxy groups -OCH3 is 1. The van der Waals surface area contributed by atoms with E-state index in [1.54, 1.807) is 7.11 Å². The fourth-order valence-corrected chi connectivity index (χ4v) is 5.73. The molecule has 2 heterocycles. The molecule has 0 radical (unpaired) electrons. The topological polar surface area (TPSA) is 60.6 Å². The van der Waals surface area contributed by atoms with Crippen molar-refractivity contribution >= 4 is 14.6 Å². The summed E-state index contributed by atoms with van der Waals surface area (Å²) in [6, 6.07) is 0. The second kappa shape index (κ2) is 6.13. The summed E-state index contributed by atoms with van der Waals surface area (Å²) in [6.45, 7) is 14.2. The molecule has 0 bridgehead atoms. The van der Waals surface area contributed by atoms with Gasteiger partial charge in [0.05, 0.1) is 36.4 Å². The van der Waals surface area contributed by atoms with Crippen LogP contribution in [0.2, 0.25) is 18.1 Å². The highest BCUT2D eigenvalue weighted by atomic mass is 28.4. The van der Waals surface area contributed by atoms with Gasteiger partial charge in [-0.3, -0.25) is 0 Å². The third-order valence-corrected chi connectivity index (χ3v) is 11.6. The van der Waals surface area contributed by atoms with Crippen molar-refractivity contribution in [1.82, 2.24) is 0 Å². The summed E-state index contributed by atoms with van der Waals surface area (Å²) in [5.74, 6) is 0.110. The Kier molecular flexibility index (Phi) is 4.78. The summed E-state index contributed by atoms with van der Waals surface area (Å²) in [6.07, 6.45) is 3.29. The van der Waals surface area contributed by atoms with Crippen molar-refractivity contribution in [3.63, 3.8) is 0 Å². The summed E-state index contributed by atoms with van der Waals surface area (Å²) in [7, 11) is -0.129. The summed E-state index contributed by atoms with van der Waals surface area (Å²) in [5, 5.41) is 0.159.